The first kappa shape index (κ1) is 28.8. The van der Waals surface area contributed by atoms with E-state index in [2.05, 4.69) is 15.5 Å². The Hall–Kier alpha value is -3.22. The maximum Gasteiger partial charge on any atom is 0.258 e. The molecule has 3 saturated heterocycles. The Kier molecular flexibility index (Phi) is 10.1. The molecule has 4 amide bonds. The first-order valence-electron chi connectivity index (χ1n) is 13.6. The number of ether oxygens (including phenoxy) is 3. The van der Waals surface area contributed by atoms with Crippen molar-refractivity contribution in [3.05, 3.63) is 30.3 Å². The number of fused-ring (bicyclic) bond motifs is 2. The van der Waals surface area contributed by atoms with Gasteiger partial charge in [0.25, 0.3) is 5.91 Å². The fourth-order valence-electron chi connectivity index (χ4n) is 5.22. The number of hydrogen-bond donors (Lipinski definition) is 2. The van der Waals surface area contributed by atoms with Crippen molar-refractivity contribution in [3.8, 4) is 5.75 Å². The summed E-state index contributed by atoms with van der Waals surface area (Å²) in [5.41, 5.74) is 0. The number of carbonyl (C=O) groups excluding carboxylic acids is 4. The van der Waals surface area contributed by atoms with Crippen LogP contribution in [0.3, 0.4) is 0 Å². The molecule has 3 aliphatic heterocycles. The summed E-state index contributed by atoms with van der Waals surface area (Å²) in [5, 5.41) is 5.73. The maximum atomic E-state index is 14.0. The highest BCUT2D eigenvalue weighted by Crippen LogP contribution is 2.24. The Balaban J connectivity index is 1.53. The number of hydrogen-bond acceptors (Lipinski definition) is 8. The lowest BCUT2D eigenvalue weighted by molar-refractivity contribution is -0.154. The number of nitrogens with zero attached hydrogens (tertiary/aromatic N) is 3. The molecule has 0 bridgehead atoms. The van der Waals surface area contributed by atoms with E-state index in [1.165, 1.54) is 4.90 Å². The van der Waals surface area contributed by atoms with Gasteiger partial charge in [-0.2, -0.15) is 0 Å². The fraction of sp³-hybridized carbons (Fsp3) is 0.630. The minimum atomic E-state index is -0.925. The number of carbonyl (C=O) groups is 4. The zero-order chi connectivity index (χ0) is 27.8. The molecular weight excluding hydrogens is 506 g/mol. The van der Waals surface area contributed by atoms with Crippen LogP contribution in [0.1, 0.15) is 20.3 Å². The van der Waals surface area contributed by atoms with E-state index in [-0.39, 0.29) is 75.8 Å². The van der Waals surface area contributed by atoms with Gasteiger partial charge in [0, 0.05) is 38.8 Å². The Morgan fingerprint density at radius 3 is 2.59 bits per heavy atom. The van der Waals surface area contributed by atoms with Crippen molar-refractivity contribution in [1.82, 2.24) is 25.3 Å². The molecule has 12 heteroatoms. The molecule has 1 aromatic carbocycles. The first-order valence-corrected chi connectivity index (χ1v) is 13.6. The predicted octanol–water partition coefficient (Wildman–Crippen LogP) is -0.765. The Bertz CT molecular complexity index is 1010. The normalized spacial score (nSPS) is 25.8. The van der Waals surface area contributed by atoms with Crippen LogP contribution < -0.4 is 15.4 Å². The van der Waals surface area contributed by atoms with Crippen LogP contribution in [-0.4, -0.2) is 128 Å². The molecule has 0 spiro atoms. The highest BCUT2D eigenvalue weighted by Gasteiger charge is 2.47. The van der Waals surface area contributed by atoms with Crippen molar-refractivity contribution in [2.24, 2.45) is 0 Å². The van der Waals surface area contributed by atoms with Crippen LogP contribution in [0.25, 0.3) is 0 Å². The van der Waals surface area contributed by atoms with Gasteiger partial charge in [-0.25, -0.2) is 0 Å². The summed E-state index contributed by atoms with van der Waals surface area (Å²) in [6, 6.07) is 6.88. The van der Waals surface area contributed by atoms with E-state index in [1.807, 2.05) is 32.0 Å². The lowest BCUT2D eigenvalue weighted by atomic mass is 10.1. The average molecular weight is 546 g/mol. The monoisotopic (exact) mass is 545 g/mol. The van der Waals surface area contributed by atoms with Crippen molar-refractivity contribution in [2.75, 3.05) is 65.8 Å². The molecule has 12 nitrogen and oxygen atoms in total. The van der Waals surface area contributed by atoms with Gasteiger partial charge in [0.05, 0.1) is 25.9 Å². The second-order valence-electron chi connectivity index (χ2n) is 10.2. The van der Waals surface area contributed by atoms with E-state index in [0.717, 1.165) is 0 Å². The number of piperazine rings is 1. The molecule has 214 valence electrons. The van der Waals surface area contributed by atoms with E-state index >= 15 is 0 Å². The fourth-order valence-corrected chi connectivity index (χ4v) is 5.22. The van der Waals surface area contributed by atoms with Crippen LogP contribution in [0.5, 0.6) is 5.75 Å². The maximum absolute atomic E-state index is 14.0. The molecule has 3 atom stereocenters. The topological polar surface area (TPSA) is 130 Å². The van der Waals surface area contributed by atoms with Crippen LogP contribution in [0.2, 0.25) is 0 Å². The van der Waals surface area contributed by atoms with Gasteiger partial charge in [-0.1, -0.05) is 18.2 Å². The highest BCUT2D eigenvalue weighted by atomic mass is 16.5. The van der Waals surface area contributed by atoms with Crippen LogP contribution in [0.4, 0.5) is 0 Å². The number of rotatable bonds is 5. The predicted molar refractivity (Wildman–Crippen MR) is 141 cm³/mol. The lowest BCUT2D eigenvalue weighted by Gasteiger charge is -2.44. The second kappa shape index (κ2) is 13.7. The number of benzene rings is 1. The molecule has 39 heavy (non-hydrogen) atoms. The van der Waals surface area contributed by atoms with Gasteiger partial charge in [-0.05, 0) is 32.4 Å². The molecule has 2 N–H and O–H groups in total. The van der Waals surface area contributed by atoms with Crippen molar-refractivity contribution in [3.63, 3.8) is 0 Å². The van der Waals surface area contributed by atoms with Gasteiger partial charge in [0.2, 0.25) is 17.7 Å². The van der Waals surface area contributed by atoms with Crippen molar-refractivity contribution < 1.29 is 33.4 Å². The zero-order valence-corrected chi connectivity index (χ0v) is 22.7. The number of nitrogens with one attached hydrogen (secondary N) is 2. The number of para-hydroxylation sites is 1. The molecule has 3 heterocycles. The molecule has 1 aromatic rings. The van der Waals surface area contributed by atoms with Crippen LogP contribution in [0, 0.1) is 0 Å². The minimum absolute atomic E-state index is 0.143. The molecule has 0 unspecified atom stereocenters. The Labute approximate surface area is 228 Å². The first-order chi connectivity index (χ1) is 18.8. The van der Waals surface area contributed by atoms with E-state index in [1.54, 1.807) is 17.0 Å². The molecule has 0 aromatic heterocycles. The summed E-state index contributed by atoms with van der Waals surface area (Å²) >= 11 is 0. The van der Waals surface area contributed by atoms with E-state index in [9.17, 15) is 19.2 Å². The molecule has 0 aliphatic carbocycles. The largest absolute Gasteiger partial charge is 0.484 e. The Morgan fingerprint density at radius 1 is 1.05 bits per heavy atom. The molecule has 3 aliphatic rings. The van der Waals surface area contributed by atoms with E-state index in [0.29, 0.717) is 31.8 Å². The summed E-state index contributed by atoms with van der Waals surface area (Å²) in [6.07, 6.45) is 0.398. The minimum Gasteiger partial charge on any atom is -0.484 e. The third-order valence-electron chi connectivity index (χ3n) is 7.30. The van der Waals surface area contributed by atoms with Gasteiger partial charge < -0.3 is 34.6 Å². The van der Waals surface area contributed by atoms with Gasteiger partial charge in [-0.15, -0.1) is 0 Å². The highest BCUT2D eigenvalue weighted by molar-refractivity contribution is 5.94. The Morgan fingerprint density at radius 2 is 1.82 bits per heavy atom. The zero-order valence-electron chi connectivity index (χ0n) is 22.7. The SMILES string of the molecule is CC(C)N1CCN2C(=O)COCCOCCNC(=O)[C@@H]3[C@H](NC(=O)COc4ccccc4)CCN3C(=O)[C@@H]2C1. The third kappa shape index (κ3) is 7.46. The molecule has 0 radical (unpaired) electrons. The van der Waals surface area contributed by atoms with E-state index < -0.39 is 18.1 Å². The van der Waals surface area contributed by atoms with Crippen molar-refractivity contribution in [1.29, 1.82) is 0 Å². The quantitative estimate of drug-likeness (QED) is 0.494. The summed E-state index contributed by atoms with van der Waals surface area (Å²) in [6.45, 7) is 6.40. The van der Waals surface area contributed by atoms with Crippen LogP contribution >= 0.6 is 0 Å². The summed E-state index contributed by atoms with van der Waals surface area (Å²) in [5.74, 6) is -0.780. The van der Waals surface area contributed by atoms with Gasteiger partial charge in [0.1, 0.15) is 24.4 Å². The van der Waals surface area contributed by atoms with Gasteiger partial charge >= 0.3 is 0 Å². The standard InChI is InChI=1S/C27H39N5O7/c1-19(2)30-11-12-31-22(16-30)27(36)32-10-8-21(29-23(33)17-39-20-6-4-3-5-7-20)25(32)26(35)28-9-13-37-14-15-38-18-24(31)34/h3-7,19,21-22,25H,8-18H2,1-2H3,(H,28,35)(H,29,33)/t21-,22+,25+/m1/s1. The average Bonchev–Trinajstić information content (AvgIpc) is 3.35. The van der Waals surface area contributed by atoms with Gasteiger partial charge in [0.15, 0.2) is 6.61 Å². The summed E-state index contributed by atoms with van der Waals surface area (Å²) in [4.78, 5) is 58.5. The lowest BCUT2D eigenvalue weighted by Crippen LogP contribution is -2.65. The molecule has 3 fully saturated rings. The number of amides is 4. The van der Waals surface area contributed by atoms with Gasteiger partial charge in [-0.3, -0.25) is 24.1 Å². The molecule has 4 rings (SSSR count). The molecular formula is C27H39N5O7. The molecule has 0 saturated carbocycles. The van der Waals surface area contributed by atoms with Crippen LogP contribution in [-0.2, 0) is 28.7 Å². The van der Waals surface area contributed by atoms with Crippen molar-refractivity contribution in [2.45, 2.75) is 44.4 Å². The smallest absolute Gasteiger partial charge is 0.258 e. The second-order valence-corrected chi connectivity index (χ2v) is 10.2. The third-order valence-corrected chi connectivity index (χ3v) is 7.30. The summed E-state index contributed by atoms with van der Waals surface area (Å²) in [7, 11) is 0. The van der Waals surface area contributed by atoms with Crippen LogP contribution in [0.15, 0.2) is 30.3 Å². The summed E-state index contributed by atoms with van der Waals surface area (Å²) < 4.78 is 16.6. The van der Waals surface area contributed by atoms with E-state index in [4.69, 9.17) is 14.2 Å². The van der Waals surface area contributed by atoms with Crippen molar-refractivity contribution >= 4 is 23.6 Å².